The fourth-order valence-electron chi connectivity index (χ4n) is 2.12. The van der Waals surface area contributed by atoms with Crippen molar-refractivity contribution in [2.75, 3.05) is 25.5 Å². The molecule has 0 aliphatic heterocycles. The smallest absolute Gasteiger partial charge is 0.263 e. The highest BCUT2D eigenvalue weighted by molar-refractivity contribution is 7.17. The number of benzene rings is 1. The normalized spacial score (nSPS) is 12.0. The number of nitrogens with one attached hydrogen (secondary N) is 1. The molecule has 118 valence electrons. The third kappa shape index (κ3) is 3.64. The molecule has 2 aromatic rings. The van der Waals surface area contributed by atoms with Gasteiger partial charge in [0.1, 0.15) is 4.88 Å². The second-order valence-corrected chi connectivity index (χ2v) is 6.37. The quantitative estimate of drug-likeness (QED) is 0.887. The third-order valence-electron chi connectivity index (χ3n) is 3.38. The molecule has 2 N–H and O–H groups in total. The molecule has 1 aromatic carbocycles. The summed E-state index contributed by atoms with van der Waals surface area (Å²) in [5.41, 5.74) is 2.54. The maximum absolute atomic E-state index is 12.3. The predicted octanol–water partition coefficient (Wildman–Crippen LogP) is 2.29. The van der Waals surface area contributed by atoms with Crippen LogP contribution >= 0.6 is 11.3 Å². The van der Waals surface area contributed by atoms with E-state index in [0.29, 0.717) is 10.6 Å². The molecule has 1 atom stereocenters. The van der Waals surface area contributed by atoms with Crippen LogP contribution in [0.5, 0.6) is 0 Å². The summed E-state index contributed by atoms with van der Waals surface area (Å²) >= 11 is 1.35. The molecule has 22 heavy (non-hydrogen) atoms. The number of thiazole rings is 1. The summed E-state index contributed by atoms with van der Waals surface area (Å²) in [6.45, 7) is 3.94. The van der Waals surface area contributed by atoms with Crippen LogP contribution in [0.1, 0.15) is 32.6 Å². The summed E-state index contributed by atoms with van der Waals surface area (Å²) in [6.07, 6.45) is -0.716. The number of aromatic nitrogens is 1. The molecule has 1 heterocycles. The molecular formula is C16H21N3O2S. The predicted molar refractivity (Wildman–Crippen MR) is 89.7 cm³/mol. The average Bonchev–Trinajstić information content (AvgIpc) is 2.87. The van der Waals surface area contributed by atoms with Gasteiger partial charge in [-0.05, 0) is 25.0 Å². The van der Waals surface area contributed by atoms with Gasteiger partial charge in [0.15, 0.2) is 5.13 Å². The van der Waals surface area contributed by atoms with Crippen LogP contribution in [-0.2, 0) is 0 Å². The zero-order valence-corrected chi connectivity index (χ0v) is 14.1. The molecule has 2 rings (SSSR count). The monoisotopic (exact) mass is 319 g/mol. The summed E-state index contributed by atoms with van der Waals surface area (Å²) in [7, 11) is 3.78. The number of nitrogens with zero attached hydrogens (tertiary/aromatic N) is 2. The SMILES string of the molecule is Cc1ccccc1C(O)CNC(=O)c1sc(N(C)C)nc1C. The van der Waals surface area contributed by atoms with Crippen molar-refractivity contribution in [3.8, 4) is 0 Å². The van der Waals surface area contributed by atoms with Gasteiger partial charge in [0, 0.05) is 20.6 Å². The molecule has 0 saturated carbocycles. The number of aliphatic hydroxyl groups excluding tert-OH is 1. The number of amides is 1. The van der Waals surface area contributed by atoms with Gasteiger partial charge in [-0.25, -0.2) is 4.98 Å². The van der Waals surface area contributed by atoms with Gasteiger partial charge in [0.05, 0.1) is 11.8 Å². The van der Waals surface area contributed by atoms with Crippen molar-refractivity contribution in [1.82, 2.24) is 10.3 Å². The van der Waals surface area contributed by atoms with Crippen LogP contribution < -0.4 is 10.2 Å². The van der Waals surface area contributed by atoms with Gasteiger partial charge >= 0.3 is 0 Å². The lowest BCUT2D eigenvalue weighted by atomic mass is 10.0. The fraction of sp³-hybridized carbons (Fsp3) is 0.375. The van der Waals surface area contributed by atoms with Crippen molar-refractivity contribution in [1.29, 1.82) is 0 Å². The molecule has 0 bridgehead atoms. The summed E-state index contributed by atoms with van der Waals surface area (Å²) in [5, 5.41) is 13.8. The largest absolute Gasteiger partial charge is 0.387 e. The average molecular weight is 319 g/mol. The van der Waals surface area contributed by atoms with E-state index in [1.165, 1.54) is 11.3 Å². The van der Waals surface area contributed by atoms with Gasteiger partial charge in [-0.2, -0.15) is 0 Å². The summed E-state index contributed by atoms with van der Waals surface area (Å²) < 4.78 is 0. The number of carbonyl (C=O) groups is 1. The van der Waals surface area contributed by atoms with Crippen LogP contribution in [0, 0.1) is 13.8 Å². The van der Waals surface area contributed by atoms with Crippen molar-refractivity contribution in [2.24, 2.45) is 0 Å². The lowest BCUT2D eigenvalue weighted by Gasteiger charge is -2.14. The number of aliphatic hydroxyl groups is 1. The van der Waals surface area contributed by atoms with Crippen molar-refractivity contribution in [3.05, 3.63) is 46.0 Å². The van der Waals surface area contributed by atoms with E-state index in [1.54, 1.807) is 0 Å². The number of anilines is 1. The van der Waals surface area contributed by atoms with E-state index in [1.807, 2.05) is 57.1 Å². The molecule has 0 radical (unpaired) electrons. The lowest BCUT2D eigenvalue weighted by Crippen LogP contribution is -2.28. The Morgan fingerprint density at radius 3 is 2.64 bits per heavy atom. The van der Waals surface area contributed by atoms with Crippen LogP contribution in [0.4, 0.5) is 5.13 Å². The first-order valence-corrected chi connectivity index (χ1v) is 7.88. The Kier molecular flexibility index (Phi) is 5.15. The zero-order valence-electron chi connectivity index (χ0n) is 13.3. The van der Waals surface area contributed by atoms with Crippen molar-refractivity contribution >= 4 is 22.4 Å². The van der Waals surface area contributed by atoms with E-state index in [4.69, 9.17) is 0 Å². The first kappa shape index (κ1) is 16.5. The van der Waals surface area contributed by atoms with Crippen LogP contribution in [0.15, 0.2) is 24.3 Å². The molecule has 1 aromatic heterocycles. The first-order valence-electron chi connectivity index (χ1n) is 7.06. The van der Waals surface area contributed by atoms with Gasteiger partial charge in [0.25, 0.3) is 5.91 Å². The van der Waals surface area contributed by atoms with Gasteiger partial charge in [0.2, 0.25) is 0 Å². The maximum Gasteiger partial charge on any atom is 0.263 e. The molecule has 0 fully saturated rings. The van der Waals surface area contributed by atoms with Crippen molar-refractivity contribution < 1.29 is 9.90 Å². The molecule has 5 nitrogen and oxygen atoms in total. The summed E-state index contributed by atoms with van der Waals surface area (Å²) in [4.78, 5) is 19.1. The van der Waals surface area contributed by atoms with E-state index in [2.05, 4.69) is 10.3 Å². The maximum atomic E-state index is 12.3. The standard InChI is InChI=1S/C16H21N3O2S/c1-10-7-5-6-8-12(10)13(20)9-17-15(21)14-11(2)18-16(22-14)19(3)4/h5-8,13,20H,9H2,1-4H3,(H,17,21). The van der Waals surface area contributed by atoms with Crippen molar-refractivity contribution in [3.63, 3.8) is 0 Å². The minimum absolute atomic E-state index is 0.179. The molecule has 0 spiro atoms. The van der Waals surface area contributed by atoms with Gasteiger partial charge < -0.3 is 15.3 Å². The van der Waals surface area contributed by atoms with Crippen LogP contribution in [0.25, 0.3) is 0 Å². The van der Waals surface area contributed by atoms with E-state index in [0.717, 1.165) is 16.3 Å². The highest BCUT2D eigenvalue weighted by atomic mass is 32.1. The summed E-state index contributed by atoms with van der Waals surface area (Å²) in [5.74, 6) is -0.198. The fourth-order valence-corrected chi connectivity index (χ4v) is 3.03. The number of hydrogen-bond acceptors (Lipinski definition) is 5. The second-order valence-electron chi connectivity index (χ2n) is 5.39. The van der Waals surface area contributed by atoms with E-state index in [9.17, 15) is 9.90 Å². The Morgan fingerprint density at radius 2 is 2.05 bits per heavy atom. The Labute approximate surface area is 134 Å². The number of carbonyl (C=O) groups excluding carboxylic acids is 1. The number of hydrogen-bond donors (Lipinski definition) is 2. The van der Waals surface area contributed by atoms with Gasteiger partial charge in [-0.1, -0.05) is 35.6 Å². The molecular weight excluding hydrogens is 298 g/mol. The highest BCUT2D eigenvalue weighted by Crippen LogP contribution is 2.24. The summed E-state index contributed by atoms with van der Waals surface area (Å²) in [6, 6.07) is 7.61. The van der Waals surface area contributed by atoms with E-state index >= 15 is 0 Å². The molecule has 0 saturated heterocycles. The zero-order chi connectivity index (χ0) is 16.3. The minimum atomic E-state index is -0.716. The van der Waals surface area contributed by atoms with E-state index in [-0.39, 0.29) is 12.5 Å². The van der Waals surface area contributed by atoms with Gasteiger partial charge in [-0.15, -0.1) is 0 Å². The number of aryl methyl sites for hydroxylation is 2. The molecule has 1 unspecified atom stereocenters. The Bertz CT molecular complexity index is 667. The number of rotatable bonds is 5. The van der Waals surface area contributed by atoms with Gasteiger partial charge in [-0.3, -0.25) is 4.79 Å². The molecule has 0 aliphatic rings. The van der Waals surface area contributed by atoms with Crippen LogP contribution in [0.2, 0.25) is 0 Å². The minimum Gasteiger partial charge on any atom is -0.387 e. The first-order chi connectivity index (χ1) is 10.4. The highest BCUT2D eigenvalue weighted by Gasteiger charge is 2.18. The third-order valence-corrected chi connectivity index (χ3v) is 4.70. The lowest BCUT2D eigenvalue weighted by molar-refractivity contribution is 0.0919. The molecule has 6 heteroatoms. The molecule has 0 aliphatic carbocycles. The second kappa shape index (κ2) is 6.89. The Balaban J connectivity index is 2.02. The van der Waals surface area contributed by atoms with E-state index < -0.39 is 6.10 Å². The van der Waals surface area contributed by atoms with Crippen molar-refractivity contribution in [2.45, 2.75) is 20.0 Å². The Morgan fingerprint density at radius 1 is 1.36 bits per heavy atom. The van der Waals surface area contributed by atoms with Crippen LogP contribution in [-0.4, -0.2) is 36.6 Å². The van der Waals surface area contributed by atoms with Crippen LogP contribution in [0.3, 0.4) is 0 Å². The topological polar surface area (TPSA) is 65.5 Å². The Hall–Kier alpha value is -1.92. The molecule has 1 amide bonds.